The molecule has 24 heavy (non-hydrogen) atoms. The second-order valence-corrected chi connectivity index (χ2v) is 6.21. The van der Waals surface area contributed by atoms with Crippen LogP contribution in [0, 0.1) is 5.92 Å². The molecule has 1 unspecified atom stereocenters. The van der Waals surface area contributed by atoms with Crippen LogP contribution in [0.3, 0.4) is 0 Å². The Kier molecular flexibility index (Phi) is 5.77. The van der Waals surface area contributed by atoms with Crippen LogP contribution >= 0.6 is 0 Å². The van der Waals surface area contributed by atoms with Crippen LogP contribution in [0.2, 0.25) is 0 Å². The van der Waals surface area contributed by atoms with Gasteiger partial charge in [0.15, 0.2) is 0 Å². The van der Waals surface area contributed by atoms with Gasteiger partial charge in [0.1, 0.15) is 6.04 Å². The molecule has 1 aromatic rings. The minimum absolute atomic E-state index is 0.0210. The molecule has 0 saturated carbocycles. The number of nitrogens with zero attached hydrogens (tertiary/aromatic N) is 2. The van der Waals surface area contributed by atoms with Crippen molar-refractivity contribution in [3.63, 3.8) is 0 Å². The molecule has 0 bridgehead atoms. The van der Waals surface area contributed by atoms with Gasteiger partial charge in [0.2, 0.25) is 11.8 Å². The van der Waals surface area contributed by atoms with Crippen LogP contribution in [-0.4, -0.2) is 60.6 Å². The van der Waals surface area contributed by atoms with Crippen molar-refractivity contribution >= 4 is 11.8 Å². The van der Waals surface area contributed by atoms with Crippen molar-refractivity contribution in [1.82, 2.24) is 20.5 Å². The average Bonchev–Trinajstić information content (AvgIpc) is 2.67. The van der Waals surface area contributed by atoms with E-state index < -0.39 is 6.04 Å². The molecule has 0 aliphatic carbocycles. The highest BCUT2D eigenvalue weighted by Gasteiger charge is 2.35. The lowest BCUT2D eigenvalue weighted by Gasteiger charge is -2.38. The SMILES string of the molecule is O=C(NCc1ccncc1)C1CNCCN1C(=O)C1CCOCC1. The van der Waals surface area contributed by atoms with Crippen molar-refractivity contribution in [2.45, 2.75) is 25.4 Å². The molecule has 2 saturated heterocycles. The fourth-order valence-electron chi connectivity index (χ4n) is 3.19. The largest absolute Gasteiger partial charge is 0.381 e. The van der Waals surface area contributed by atoms with Gasteiger partial charge in [-0.15, -0.1) is 0 Å². The molecule has 2 amide bonds. The van der Waals surface area contributed by atoms with E-state index in [1.807, 2.05) is 12.1 Å². The summed E-state index contributed by atoms with van der Waals surface area (Å²) in [6.45, 7) is 3.49. The Labute approximate surface area is 141 Å². The van der Waals surface area contributed by atoms with Crippen LogP contribution < -0.4 is 10.6 Å². The minimum Gasteiger partial charge on any atom is -0.381 e. The van der Waals surface area contributed by atoms with E-state index in [0.717, 1.165) is 24.9 Å². The molecule has 2 aliphatic rings. The quantitative estimate of drug-likeness (QED) is 0.806. The maximum atomic E-state index is 12.8. The zero-order valence-electron chi connectivity index (χ0n) is 13.7. The third-order valence-electron chi connectivity index (χ3n) is 4.62. The summed E-state index contributed by atoms with van der Waals surface area (Å²) in [7, 11) is 0. The predicted octanol–water partition coefficient (Wildman–Crippen LogP) is -0.0752. The molecule has 1 atom stereocenters. The number of carbonyl (C=O) groups excluding carboxylic acids is 2. The number of hydrogen-bond acceptors (Lipinski definition) is 5. The van der Waals surface area contributed by atoms with Crippen molar-refractivity contribution in [3.8, 4) is 0 Å². The fourth-order valence-corrected chi connectivity index (χ4v) is 3.19. The first kappa shape index (κ1) is 16.9. The van der Waals surface area contributed by atoms with E-state index >= 15 is 0 Å². The Morgan fingerprint density at radius 1 is 1.29 bits per heavy atom. The molecule has 2 fully saturated rings. The smallest absolute Gasteiger partial charge is 0.244 e. The van der Waals surface area contributed by atoms with Crippen LogP contribution in [0.15, 0.2) is 24.5 Å². The third-order valence-corrected chi connectivity index (χ3v) is 4.62. The second kappa shape index (κ2) is 8.21. The zero-order chi connectivity index (χ0) is 16.8. The summed E-state index contributed by atoms with van der Waals surface area (Å²) in [5.74, 6) is -0.0457. The number of pyridine rings is 1. The molecule has 3 heterocycles. The number of rotatable bonds is 4. The third kappa shape index (κ3) is 4.10. The topological polar surface area (TPSA) is 83.6 Å². The van der Waals surface area contributed by atoms with Crippen LogP contribution in [0.1, 0.15) is 18.4 Å². The van der Waals surface area contributed by atoms with E-state index in [4.69, 9.17) is 4.74 Å². The highest BCUT2D eigenvalue weighted by Crippen LogP contribution is 2.19. The first-order valence-electron chi connectivity index (χ1n) is 8.51. The molecule has 1 aromatic heterocycles. The van der Waals surface area contributed by atoms with Gasteiger partial charge in [0.05, 0.1) is 0 Å². The van der Waals surface area contributed by atoms with Crippen LogP contribution in [-0.2, 0) is 20.9 Å². The van der Waals surface area contributed by atoms with Gasteiger partial charge in [-0.3, -0.25) is 14.6 Å². The highest BCUT2D eigenvalue weighted by atomic mass is 16.5. The molecule has 0 aromatic carbocycles. The fraction of sp³-hybridized carbons (Fsp3) is 0.588. The van der Waals surface area contributed by atoms with Gasteiger partial charge in [-0.2, -0.15) is 0 Å². The Balaban J connectivity index is 1.60. The molecule has 3 rings (SSSR count). The Bertz CT molecular complexity index is 560. The molecular formula is C17H24N4O3. The monoisotopic (exact) mass is 332 g/mol. The van der Waals surface area contributed by atoms with Crippen molar-refractivity contribution in [1.29, 1.82) is 0 Å². The van der Waals surface area contributed by atoms with Crippen molar-refractivity contribution in [3.05, 3.63) is 30.1 Å². The summed E-state index contributed by atoms with van der Waals surface area (Å²) < 4.78 is 5.33. The van der Waals surface area contributed by atoms with E-state index in [9.17, 15) is 9.59 Å². The summed E-state index contributed by atoms with van der Waals surface area (Å²) in [6.07, 6.45) is 4.89. The molecule has 2 aliphatic heterocycles. The van der Waals surface area contributed by atoms with E-state index in [1.54, 1.807) is 17.3 Å². The molecule has 7 nitrogen and oxygen atoms in total. The molecule has 7 heteroatoms. The first-order valence-corrected chi connectivity index (χ1v) is 8.51. The van der Waals surface area contributed by atoms with E-state index in [1.165, 1.54) is 0 Å². The van der Waals surface area contributed by atoms with Gasteiger partial charge in [0.25, 0.3) is 0 Å². The summed E-state index contributed by atoms with van der Waals surface area (Å²) in [5, 5.41) is 6.14. The summed E-state index contributed by atoms with van der Waals surface area (Å²) in [5.41, 5.74) is 0.990. The van der Waals surface area contributed by atoms with Gasteiger partial charge in [-0.1, -0.05) is 0 Å². The first-order chi connectivity index (χ1) is 11.8. The molecule has 0 radical (unpaired) electrons. The number of carbonyl (C=O) groups is 2. The maximum Gasteiger partial charge on any atom is 0.244 e. The molecule has 2 N–H and O–H groups in total. The van der Waals surface area contributed by atoms with Gasteiger partial charge in [-0.25, -0.2) is 0 Å². The van der Waals surface area contributed by atoms with E-state index in [-0.39, 0.29) is 17.7 Å². The van der Waals surface area contributed by atoms with Gasteiger partial charge in [0, 0.05) is 57.7 Å². The summed E-state index contributed by atoms with van der Waals surface area (Å²) >= 11 is 0. The Morgan fingerprint density at radius 3 is 2.79 bits per heavy atom. The van der Waals surface area contributed by atoms with E-state index in [0.29, 0.717) is 32.8 Å². The van der Waals surface area contributed by atoms with E-state index in [2.05, 4.69) is 15.6 Å². The number of aromatic nitrogens is 1. The van der Waals surface area contributed by atoms with Gasteiger partial charge < -0.3 is 20.3 Å². The number of hydrogen-bond donors (Lipinski definition) is 2. The number of ether oxygens (including phenoxy) is 1. The van der Waals surface area contributed by atoms with Crippen LogP contribution in [0.5, 0.6) is 0 Å². The summed E-state index contributed by atoms with van der Waals surface area (Å²) in [6, 6.07) is 3.28. The predicted molar refractivity (Wildman–Crippen MR) is 88.0 cm³/mol. The van der Waals surface area contributed by atoms with Gasteiger partial charge in [-0.05, 0) is 30.5 Å². The lowest BCUT2D eigenvalue weighted by atomic mass is 9.97. The van der Waals surface area contributed by atoms with Crippen molar-refractivity contribution in [2.24, 2.45) is 5.92 Å². The number of amides is 2. The number of nitrogens with one attached hydrogen (secondary N) is 2. The second-order valence-electron chi connectivity index (χ2n) is 6.21. The minimum atomic E-state index is -0.448. The lowest BCUT2D eigenvalue weighted by Crippen LogP contribution is -2.60. The lowest BCUT2D eigenvalue weighted by molar-refractivity contribution is -0.147. The molecule has 0 spiro atoms. The number of piperazine rings is 1. The molecular weight excluding hydrogens is 308 g/mol. The zero-order valence-corrected chi connectivity index (χ0v) is 13.7. The van der Waals surface area contributed by atoms with Crippen molar-refractivity contribution in [2.75, 3.05) is 32.8 Å². The Hall–Kier alpha value is -1.99. The van der Waals surface area contributed by atoms with Crippen LogP contribution in [0.25, 0.3) is 0 Å². The molecule has 130 valence electrons. The van der Waals surface area contributed by atoms with Gasteiger partial charge >= 0.3 is 0 Å². The summed E-state index contributed by atoms with van der Waals surface area (Å²) in [4.78, 5) is 31.1. The maximum absolute atomic E-state index is 12.8. The van der Waals surface area contributed by atoms with Crippen molar-refractivity contribution < 1.29 is 14.3 Å². The highest BCUT2D eigenvalue weighted by molar-refractivity contribution is 5.89. The normalized spacial score (nSPS) is 22.2. The van der Waals surface area contributed by atoms with Crippen LogP contribution in [0.4, 0.5) is 0 Å². The standard InChI is InChI=1S/C17H24N4O3/c22-16(20-11-13-1-5-18-6-2-13)15-12-19-7-8-21(15)17(23)14-3-9-24-10-4-14/h1-2,5-6,14-15,19H,3-4,7-12H2,(H,20,22). The Morgan fingerprint density at radius 2 is 2.04 bits per heavy atom. The average molecular weight is 332 g/mol.